The number of nitrogens with two attached hydrogens (primary N) is 2. The molecular weight excluding hydrogens is 615 g/mol. The Labute approximate surface area is 219 Å². The molecule has 0 bridgehead atoms. The fourth-order valence-corrected chi connectivity index (χ4v) is 5.00. The maximum Gasteiger partial charge on any atom is 0.252 e. The van der Waals surface area contributed by atoms with Crippen molar-refractivity contribution in [1.29, 1.82) is 0 Å². The number of rotatable bonds is 5. The van der Waals surface area contributed by atoms with Gasteiger partial charge in [-0.1, -0.05) is 39.1 Å². The third-order valence-electron chi connectivity index (χ3n) is 4.07. The highest BCUT2D eigenvalue weighted by atomic mass is 79.9. The molecule has 0 unspecified atom stereocenters. The standard InChI is InChI=1S/C13H9BrClNO3S.C7H5Cl2NO3S/c14-10-4-1-8(2-5-10)13(17)9-3-6-11(15)12(7-9)20(16,18)19;8-5-2-1-4(7(9)11)3-6(5)14(10,12)13/h1-7H,(H2,16,18,19);1-3H,(H2,10,12,13). The van der Waals surface area contributed by atoms with Crippen molar-refractivity contribution in [3.05, 3.63) is 91.9 Å². The molecule has 0 aromatic heterocycles. The molecule has 0 saturated heterocycles. The number of carbonyl (C=O) groups is 2. The predicted octanol–water partition coefficient (Wildman–Crippen LogP) is 4.35. The number of primary sulfonamides is 2. The molecule has 34 heavy (non-hydrogen) atoms. The Morgan fingerprint density at radius 1 is 0.676 bits per heavy atom. The third kappa shape index (κ3) is 7.59. The molecule has 180 valence electrons. The zero-order valence-electron chi connectivity index (χ0n) is 16.7. The Bertz CT molecular complexity index is 1480. The van der Waals surface area contributed by atoms with Crippen molar-refractivity contribution >= 4 is 81.8 Å². The topological polar surface area (TPSA) is 154 Å². The van der Waals surface area contributed by atoms with E-state index in [2.05, 4.69) is 15.9 Å². The molecule has 0 aliphatic heterocycles. The Hall–Kier alpha value is -1.83. The van der Waals surface area contributed by atoms with Gasteiger partial charge in [-0.05, 0) is 72.3 Å². The van der Waals surface area contributed by atoms with E-state index in [4.69, 9.17) is 45.1 Å². The molecule has 3 rings (SSSR count). The van der Waals surface area contributed by atoms with Crippen LogP contribution >= 0.6 is 50.7 Å². The van der Waals surface area contributed by atoms with Crippen molar-refractivity contribution in [3.63, 3.8) is 0 Å². The summed E-state index contributed by atoms with van der Waals surface area (Å²) in [6, 6.07) is 14.3. The van der Waals surface area contributed by atoms with E-state index in [1.54, 1.807) is 24.3 Å². The van der Waals surface area contributed by atoms with Gasteiger partial charge in [0.1, 0.15) is 9.79 Å². The van der Waals surface area contributed by atoms with Gasteiger partial charge in [0.15, 0.2) is 5.78 Å². The van der Waals surface area contributed by atoms with Crippen molar-refractivity contribution in [2.75, 3.05) is 0 Å². The molecular formula is C20H14BrCl3N2O6S2. The van der Waals surface area contributed by atoms with Gasteiger partial charge in [0.2, 0.25) is 20.0 Å². The molecule has 0 spiro atoms. The van der Waals surface area contributed by atoms with E-state index in [1.165, 1.54) is 30.3 Å². The first-order valence-corrected chi connectivity index (χ1v) is 13.8. The van der Waals surface area contributed by atoms with Gasteiger partial charge in [-0.3, -0.25) is 9.59 Å². The minimum atomic E-state index is -3.97. The minimum Gasteiger partial charge on any atom is -0.289 e. The lowest BCUT2D eigenvalue weighted by Crippen LogP contribution is -2.14. The van der Waals surface area contributed by atoms with Crippen LogP contribution in [0.5, 0.6) is 0 Å². The van der Waals surface area contributed by atoms with Crippen molar-refractivity contribution in [3.8, 4) is 0 Å². The molecule has 14 heteroatoms. The van der Waals surface area contributed by atoms with Crippen LogP contribution in [0.3, 0.4) is 0 Å². The molecule has 0 fully saturated rings. The summed E-state index contributed by atoms with van der Waals surface area (Å²) in [4.78, 5) is 22.4. The Kier molecular flexibility index (Phi) is 9.42. The van der Waals surface area contributed by atoms with Gasteiger partial charge in [0.05, 0.1) is 10.0 Å². The van der Waals surface area contributed by atoms with Crippen molar-refractivity contribution in [2.45, 2.75) is 9.79 Å². The number of halogens is 4. The molecule has 0 amide bonds. The lowest BCUT2D eigenvalue weighted by Gasteiger charge is -2.06. The predicted molar refractivity (Wildman–Crippen MR) is 133 cm³/mol. The molecule has 8 nitrogen and oxygen atoms in total. The largest absolute Gasteiger partial charge is 0.289 e. The molecule has 3 aromatic rings. The second kappa shape index (κ2) is 11.3. The van der Waals surface area contributed by atoms with Crippen LogP contribution in [0.4, 0.5) is 0 Å². The van der Waals surface area contributed by atoms with E-state index >= 15 is 0 Å². The fourth-order valence-electron chi connectivity index (χ4n) is 2.47. The monoisotopic (exact) mass is 626 g/mol. The van der Waals surface area contributed by atoms with Crippen molar-refractivity contribution in [2.24, 2.45) is 10.3 Å². The summed E-state index contributed by atoms with van der Waals surface area (Å²) < 4.78 is 45.5. The molecule has 0 aliphatic carbocycles. The summed E-state index contributed by atoms with van der Waals surface area (Å²) in [6.07, 6.45) is 0. The summed E-state index contributed by atoms with van der Waals surface area (Å²) in [6.45, 7) is 0. The third-order valence-corrected chi connectivity index (χ3v) is 7.60. The summed E-state index contributed by atoms with van der Waals surface area (Å²) >= 11 is 19.8. The Morgan fingerprint density at radius 2 is 1.06 bits per heavy atom. The van der Waals surface area contributed by atoms with Crippen LogP contribution in [0.2, 0.25) is 10.0 Å². The Morgan fingerprint density at radius 3 is 1.47 bits per heavy atom. The first-order chi connectivity index (χ1) is 15.6. The van der Waals surface area contributed by atoms with Crippen LogP contribution < -0.4 is 10.3 Å². The van der Waals surface area contributed by atoms with E-state index in [-0.39, 0.29) is 36.7 Å². The first-order valence-electron chi connectivity index (χ1n) is 8.76. The van der Waals surface area contributed by atoms with E-state index in [9.17, 15) is 26.4 Å². The maximum atomic E-state index is 12.3. The zero-order valence-corrected chi connectivity index (χ0v) is 22.2. The molecule has 0 aliphatic rings. The van der Waals surface area contributed by atoms with Gasteiger partial charge in [0.25, 0.3) is 5.24 Å². The van der Waals surface area contributed by atoms with Gasteiger partial charge in [0, 0.05) is 21.2 Å². The average molecular weight is 629 g/mol. The van der Waals surface area contributed by atoms with Crippen LogP contribution in [0.15, 0.2) is 74.9 Å². The zero-order chi connectivity index (χ0) is 25.8. The highest BCUT2D eigenvalue weighted by Crippen LogP contribution is 2.24. The van der Waals surface area contributed by atoms with Crippen LogP contribution in [0, 0.1) is 0 Å². The van der Waals surface area contributed by atoms with E-state index < -0.39 is 25.3 Å². The number of sulfonamides is 2. The fraction of sp³-hybridized carbons (Fsp3) is 0. The Balaban J connectivity index is 0.000000257. The molecule has 0 atom stereocenters. The van der Waals surface area contributed by atoms with Crippen LogP contribution in [0.25, 0.3) is 0 Å². The molecule has 0 radical (unpaired) electrons. The highest BCUT2D eigenvalue weighted by Gasteiger charge is 2.17. The van der Waals surface area contributed by atoms with Gasteiger partial charge in [-0.25, -0.2) is 27.1 Å². The number of hydrogen-bond acceptors (Lipinski definition) is 6. The summed E-state index contributed by atoms with van der Waals surface area (Å²) in [7, 11) is -7.90. The van der Waals surface area contributed by atoms with Crippen molar-refractivity contribution in [1.82, 2.24) is 0 Å². The smallest absolute Gasteiger partial charge is 0.252 e. The lowest BCUT2D eigenvalue weighted by atomic mass is 10.0. The summed E-state index contributed by atoms with van der Waals surface area (Å²) in [5.41, 5.74) is 0.678. The summed E-state index contributed by atoms with van der Waals surface area (Å²) in [5, 5.41) is 9.08. The van der Waals surface area contributed by atoms with Gasteiger partial charge < -0.3 is 0 Å². The second-order valence-corrected chi connectivity index (χ2v) is 11.6. The molecule has 0 heterocycles. The maximum absolute atomic E-state index is 12.3. The lowest BCUT2D eigenvalue weighted by molar-refractivity contribution is 0.103. The molecule has 3 aromatic carbocycles. The van der Waals surface area contributed by atoms with Crippen molar-refractivity contribution < 1.29 is 26.4 Å². The van der Waals surface area contributed by atoms with E-state index in [0.29, 0.717) is 5.56 Å². The number of carbonyl (C=O) groups excluding carboxylic acids is 2. The summed E-state index contributed by atoms with van der Waals surface area (Å²) in [5.74, 6) is -0.306. The SMILES string of the molecule is NS(=O)(=O)c1cc(C(=O)Cl)ccc1Cl.NS(=O)(=O)c1cc(C(=O)c2ccc(Br)cc2)ccc1Cl. The second-order valence-electron chi connectivity index (χ2n) is 6.49. The van der Waals surface area contributed by atoms with Gasteiger partial charge >= 0.3 is 0 Å². The van der Waals surface area contributed by atoms with Gasteiger partial charge in [-0.15, -0.1) is 0 Å². The van der Waals surface area contributed by atoms with Gasteiger partial charge in [-0.2, -0.15) is 0 Å². The normalized spacial score (nSPS) is 11.4. The number of benzene rings is 3. The quantitative estimate of drug-likeness (QED) is 0.316. The van der Waals surface area contributed by atoms with E-state index in [1.807, 2.05) is 0 Å². The van der Waals surface area contributed by atoms with Crippen LogP contribution in [0.1, 0.15) is 26.3 Å². The molecule has 0 saturated carbocycles. The van der Waals surface area contributed by atoms with E-state index in [0.717, 1.165) is 10.5 Å². The molecule has 4 N–H and O–H groups in total. The number of hydrogen-bond donors (Lipinski definition) is 2. The van der Waals surface area contributed by atoms with Crippen LogP contribution in [-0.2, 0) is 20.0 Å². The first kappa shape index (κ1) is 28.4. The minimum absolute atomic E-state index is 0.0140. The highest BCUT2D eigenvalue weighted by molar-refractivity contribution is 9.10. The average Bonchev–Trinajstić information content (AvgIpc) is 2.73. The van der Waals surface area contributed by atoms with Crippen LogP contribution in [-0.4, -0.2) is 27.9 Å². The number of ketones is 1.